The molecule has 0 aromatic rings. The second kappa shape index (κ2) is 9.48. The fourth-order valence-corrected chi connectivity index (χ4v) is 6.45. The molecule has 0 aromatic carbocycles. The fourth-order valence-electron chi connectivity index (χ4n) is 4.08. The van der Waals surface area contributed by atoms with Crippen LogP contribution in [0.25, 0.3) is 0 Å². The highest BCUT2D eigenvalue weighted by Crippen LogP contribution is 2.49. The van der Waals surface area contributed by atoms with E-state index in [0.717, 1.165) is 0 Å². The molecule has 1 saturated heterocycles. The molecular weight excluding hydrogens is 438 g/mol. The molecule has 180 valence electrons. The second-order valence-electron chi connectivity index (χ2n) is 8.93. The first kappa shape index (κ1) is 24.7. The Hall–Kier alpha value is -1.98. The highest BCUT2D eigenvalue weighted by Gasteiger charge is 2.61. The third kappa shape index (κ3) is 4.69. The van der Waals surface area contributed by atoms with Crippen molar-refractivity contribution < 1.29 is 32.2 Å². The molecule has 0 atom stereocenters. The monoisotopic (exact) mass is 471 g/mol. The molecule has 2 bridgehead atoms. The van der Waals surface area contributed by atoms with Gasteiger partial charge >= 0.3 is 5.97 Å². The number of aliphatic imine (C=N–C) groups is 1. The minimum absolute atomic E-state index is 0.0547. The number of amides is 1. The lowest BCUT2D eigenvalue weighted by Gasteiger charge is -2.36. The minimum Gasteiger partial charge on any atom is -0.461 e. The van der Waals surface area contributed by atoms with Crippen LogP contribution >= 0.6 is 0 Å². The molecule has 1 aliphatic carbocycles. The number of esters is 1. The number of carbonyl (C=O) groups excluding carboxylic acids is 2. The van der Waals surface area contributed by atoms with Crippen LogP contribution in [0.2, 0.25) is 0 Å². The standard InChI is InChI=1S/C21H33N3O7S/c1-4-31-19(26)16(22)15-5-9-24-13-21(6-7-21)32(27,28)20(2,3)14-30-12-11-29-10-8-23-17(15)18(24)25/h4-14,22H2,1-3H3. The van der Waals surface area contributed by atoms with E-state index in [1.807, 2.05) is 0 Å². The Morgan fingerprint density at radius 3 is 2.56 bits per heavy atom. The number of rotatable bonds is 2. The van der Waals surface area contributed by atoms with Crippen molar-refractivity contribution in [3.8, 4) is 0 Å². The SMILES string of the molecule is CCOC(=O)C(N)=C1CCN2CC3(CC3)S(=O)(=O)C(C)(C)COCCOCCN=C1C2=O. The number of nitrogens with two attached hydrogens (primary N) is 1. The molecule has 2 N–H and O–H groups in total. The first-order valence-electron chi connectivity index (χ1n) is 11.0. The van der Waals surface area contributed by atoms with Crippen LogP contribution in [0.15, 0.2) is 16.3 Å². The van der Waals surface area contributed by atoms with Gasteiger partial charge in [-0.2, -0.15) is 0 Å². The molecule has 1 spiro atoms. The Kier molecular flexibility index (Phi) is 7.31. The number of hydrogen-bond acceptors (Lipinski definition) is 9. The Balaban J connectivity index is 1.96. The van der Waals surface area contributed by atoms with Crippen molar-refractivity contribution in [2.24, 2.45) is 10.7 Å². The molecule has 0 aromatic heterocycles. The summed E-state index contributed by atoms with van der Waals surface area (Å²) in [5.41, 5.74) is 6.29. The van der Waals surface area contributed by atoms with Crippen molar-refractivity contribution in [1.29, 1.82) is 0 Å². The first-order valence-corrected chi connectivity index (χ1v) is 12.4. The van der Waals surface area contributed by atoms with Gasteiger partial charge in [0.15, 0.2) is 9.84 Å². The summed E-state index contributed by atoms with van der Waals surface area (Å²) >= 11 is 0. The van der Waals surface area contributed by atoms with E-state index in [1.165, 1.54) is 4.90 Å². The maximum Gasteiger partial charge on any atom is 0.354 e. The highest BCUT2D eigenvalue weighted by atomic mass is 32.2. The van der Waals surface area contributed by atoms with Gasteiger partial charge in [-0.1, -0.05) is 0 Å². The molecule has 2 aliphatic heterocycles. The van der Waals surface area contributed by atoms with Crippen molar-refractivity contribution >= 4 is 27.4 Å². The van der Waals surface area contributed by atoms with Crippen LogP contribution in [-0.2, 0) is 33.6 Å². The summed E-state index contributed by atoms with van der Waals surface area (Å²) in [6.45, 7) is 6.52. The van der Waals surface area contributed by atoms with Gasteiger partial charge in [0, 0.05) is 18.7 Å². The number of fused-ring (bicyclic) bond motifs is 2. The summed E-state index contributed by atoms with van der Waals surface area (Å²) in [4.78, 5) is 31.4. The van der Waals surface area contributed by atoms with Crippen LogP contribution in [0.4, 0.5) is 0 Å². The van der Waals surface area contributed by atoms with E-state index in [2.05, 4.69) is 4.99 Å². The molecule has 1 saturated carbocycles. The molecule has 2 fully saturated rings. The predicted molar refractivity (Wildman–Crippen MR) is 118 cm³/mol. The summed E-state index contributed by atoms with van der Waals surface area (Å²) in [6, 6.07) is 0. The number of sulfone groups is 1. The topological polar surface area (TPSA) is 138 Å². The number of carbonyl (C=O) groups is 2. The average Bonchev–Trinajstić information content (AvgIpc) is 3.52. The van der Waals surface area contributed by atoms with Gasteiger partial charge in [-0.05, 0) is 40.0 Å². The van der Waals surface area contributed by atoms with Crippen molar-refractivity contribution in [1.82, 2.24) is 4.90 Å². The highest BCUT2D eigenvalue weighted by molar-refractivity contribution is 7.94. The third-order valence-electron chi connectivity index (χ3n) is 6.14. The Bertz CT molecular complexity index is 920. The summed E-state index contributed by atoms with van der Waals surface area (Å²) in [7, 11) is -3.61. The van der Waals surface area contributed by atoms with E-state index in [4.69, 9.17) is 19.9 Å². The normalized spacial score (nSPS) is 27.0. The number of hydrogen-bond donors (Lipinski definition) is 1. The summed E-state index contributed by atoms with van der Waals surface area (Å²) < 4.78 is 41.0. The lowest BCUT2D eigenvalue weighted by Crippen LogP contribution is -2.53. The van der Waals surface area contributed by atoms with E-state index in [-0.39, 0.29) is 64.1 Å². The van der Waals surface area contributed by atoms with Gasteiger partial charge in [-0.25, -0.2) is 13.2 Å². The van der Waals surface area contributed by atoms with E-state index < -0.39 is 31.2 Å². The summed E-state index contributed by atoms with van der Waals surface area (Å²) in [6.07, 6.45) is 1.27. The van der Waals surface area contributed by atoms with E-state index >= 15 is 0 Å². The Labute approximate surface area is 189 Å². The van der Waals surface area contributed by atoms with Crippen LogP contribution in [-0.4, -0.2) is 93.1 Å². The van der Waals surface area contributed by atoms with E-state index in [1.54, 1.807) is 20.8 Å². The van der Waals surface area contributed by atoms with E-state index in [0.29, 0.717) is 24.8 Å². The summed E-state index contributed by atoms with van der Waals surface area (Å²) in [5.74, 6) is -1.12. The van der Waals surface area contributed by atoms with Crippen LogP contribution in [0, 0.1) is 0 Å². The second-order valence-corrected chi connectivity index (χ2v) is 11.9. The average molecular weight is 472 g/mol. The van der Waals surface area contributed by atoms with Crippen LogP contribution in [0.5, 0.6) is 0 Å². The van der Waals surface area contributed by atoms with Crippen molar-refractivity contribution in [3.05, 3.63) is 11.3 Å². The number of piperidine rings is 1. The quantitative estimate of drug-likeness (QED) is 0.446. The molecule has 32 heavy (non-hydrogen) atoms. The molecule has 3 rings (SSSR count). The molecule has 11 heteroatoms. The van der Waals surface area contributed by atoms with Gasteiger partial charge < -0.3 is 24.8 Å². The fraction of sp³-hybridized carbons (Fsp3) is 0.762. The molecule has 10 nitrogen and oxygen atoms in total. The maximum atomic E-state index is 13.5. The Morgan fingerprint density at radius 1 is 1.22 bits per heavy atom. The van der Waals surface area contributed by atoms with Gasteiger partial charge in [-0.15, -0.1) is 0 Å². The van der Waals surface area contributed by atoms with E-state index in [9.17, 15) is 18.0 Å². The van der Waals surface area contributed by atoms with Gasteiger partial charge in [0.05, 0.1) is 49.1 Å². The molecule has 3 aliphatic rings. The van der Waals surface area contributed by atoms with Crippen molar-refractivity contribution in [2.75, 3.05) is 52.7 Å². The van der Waals surface area contributed by atoms with Gasteiger partial charge in [0.1, 0.15) is 11.4 Å². The number of nitrogens with zero attached hydrogens (tertiary/aromatic N) is 2. The first-order chi connectivity index (χ1) is 15.1. The van der Waals surface area contributed by atoms with Crippen molar-refractivity contribution in [3.63, 3.8) is 0 Å². The van der Waals surface area contributed by atoms with Gasteiger partial charge in [0.2, 0.25) is 0 Å². The van der Waals surface area contributed by atoms with Crippen LogP contribution < -0.4 is 5.73 Å². The lowest BCUT2D eigenvalue weighted by molar-refractivity contribution is -0.138. The number of ether oxygens (including phenoxy) is 3. The zero-order valence-corrected chi connectivity index (χ0v) is 19.8. The molecule has 2 heterocycles. The molecule has 0 radical (unpaired) electrons. The maximum absolute atomic E-state index is 13.5. The van der Waals surface area contributed by atoms with Crippen LogP contribution in [0.1, 0.15) is 40.0 Å². The molecule has 1 amide bonds. The minimum atomic E-state index is -3.61. The Morgan fingerprint density at radius 2 is 1.91 bits per heavy atom. The van der Waals surface area contributed by atoms with Gasteiger partial charge in [-0.3, -0.25) is 9.79 Å². The largest absolute Gasteiger partial charge is 0.461 e. The van der Waals surface area contributed by atoms with Crippen LogP contribution in [0.3, 0.4) is 0 Å². The smallest absolute Gasteiger partial charge is 0.354 e. The summed E-state index contributed by atoms with van der Waals surface area (Å²) in [5, 5.41) is 0. The third-order valence-corrected chi connectivity index (χ3v) is 9.39. The lowest BCUT2D eigenvalue weighted by atomic mass is 9.98. The molecule has 0 unspecified atom stereocenters. The van der Waals surface area contributed by atoms with Crippen molar-refractivity contribution in [2.45, 2.75) is 49.5 Å². The zero-order chi connectivity index (χ0) is 23.6. The predicted octanol–water partition coefficient (Wildman–Crippen LogP) is 0.208. The van der Waals surface area contributed by atoms with Gasteiger partial charge in [0.25, 0.3) is 5.91 Å². The zero-order valence-electron chi connectivity index (χ0n) is 19.0. The molecular formula is C21H33N3O7S.